The first-order valence-corrected chi connectivity index (χ1v) is 4.66. The molecule has 0 fully saturated rings. The maximum absolute atomic E-state index is 10.7. The quantitative estimate of drug-likeness (QED) is 0.616. The molecule has 5 nitrogen and oxygen atoms in total. The van der Waals surface area contributed by atoms with Gasteiger partial charge in [0, 0.05) is 12.6 Å². The molecule has 0 aromatic heterocycles. The number of amides is 1. The molecule has 82 valence electrons. The summed E-state index contributed by atoms with van der Waals surface area (Å²) < 4.78 is 0. The van der Waals surface area contributed by atoms with Crippen LogP contribution >= 0.6 is 0 Å². The molecule has 1 amide bonds. The number of benzene rings is 1. The van der Waals surface area contributed by atoms with Crippen LogP contribution in [0, 0.1) is 0 Å². The zero-order chi connectivity index (χ0) is 11.1. The standard InChI is InChI=1S/C10H15N3O2/c11-9(7-13-10(14)15-12)6-8-4-2-1-3-5-8/h1-5,9H,6-7,11-12H2,(H,13,14)/t9-/m1/s1. The van der Waals surface area contributed by atoms with Gasteiger partial charge in [-0.05, 0) is 12.0 Å². The summed E-state index contributed by atoms with van der Waals surface area (Å²) in [6.45, 7) is 0.338. The van der Waals surface area contributed by atoms with E-state index in [4.69, 9.17) is 5.73 Å². The lowest BCUT2D eigenvalue weighted by Crippen LogP contribution is -2.39. The molecule has 0 saturated heterocycles. The Morgan fingerprint density at radius 3 is 2.67 bits per heavy atom. The van der Waals surface area contributed by atoms with Gasteiger partial charge in [-0.1, -0.05) is 30.3 Å². The predicted octanol–water partition coefficient (Wildman–Crippen LogP) is 0.156. The second-order valence-corrected chi connectivity index (χ2v) is 3.24. The molecule has 1 aromatic rings. The molecule has 0 bridgehead atoms. The van der Waals surface area contributed by atoms with Crippen molar-refractivity contribution in [2.45, 2.75) is 12.5 Å². The molecule has 0 aliphatic rings. The van der Waals surface area contributed by atoms with Gasteiger partial charge in [-0.25, -0.2) is 4.79 Å². The minimum absolute atomic E-state index is 0.147. The third-order valence-corrected chi connectivity index (χ3v) is 1.96. The lowest BCUT2D eigenvalue weighted by Gasteiger charge is -2.11. The largest absolute Gasteiger partial charge is 0.425 e. The second kappa shape index (κ2) is 6.00. The van der Waals surface area contributed by atoms with Crippen LogP contribution in [0.5, 0.6) is 0 Å². The molecule has 0 radical (unpaired) electrons. The van der Waals surface area contributed by atoms with Crippen molar-refractivity contribution in [3.05, 3.63) is 35.9 Å². The van der Waals surface area contributed by atoms with E-state index in [1.54, 1.807) is 0 Å². The topological polar surface area (TPSA) is 90.4 Å². The zero-order valence-corrected chi connectivity index (χ0v) is 8.35. The Bertz CT molecular complexity index is 303. The maximum atomic E-state index is 10.7. The van der Waals surface area contributed by atoms with Crippen molar-refractivity contribution in [2.75, 3.05) is 6.54 Å². The number of carbonyl (C=O) groups excluding carboxylic acids is 1. The molecule has 0 spiro atoms. The minimum atomic E-state index is -0.668. The summed E-state index contributed by atoms with van der Waals surface area (Å²) in [7, 11) is 0. The van der Waals surface area contributed by atoms with E-state index in [0.29, 0.717) is 13.0 Å². The van der Waals surface area contributed by atoms with Crippen molar-refractivity contribution in [1.29, 1.82) is 0 Å². The van der Waals surface area contributed by atoms with E-state index < -0.39 is 6.09 Å². The summed E-state index contributed by atoms with van der Waals surface area (Å²) in [5.41, 5.74) is 6.93. The predicted molar refractivity (Wildman–Crippen MR) is 56.8 cm³/mol. The Kier molecular flexibility index (Phi) is 4.59. The van der Waals surface area contributed by atoms with Gasteiger partial charge >= 0.3 is 6.09 Å². The average molecular weight is 209 g/mol. The summed E-state index contributed by atoms with van der Waals surface area (Å²) in [4.78, 5) is 14.6. The molecule has 0 unspecified atom stereocenters. The van der Waals surface area contributed by atoms with Crippen LogP contribution in [0.3, 0.4) is 0 Å². The summed E-state index contributed by atoms with van der Waals surface area (Å²) in [6.07, 6.45) is 0.0320. The van der Waals surface area contributed by atoms with Gasteiger partial charge in [0.2, 0.25) is 0 Å². The van der Waals surface area contributed by atoms with Crippen molar-refractivity contribution < 1.29 is 9.63 Å². The van der Waals surface area contributed by atoms with E-state index in [9.17, 15) is 4.79 Å². The number of nitrogens with two attached hydrogens (primary N) is 2. The molecular formula is C10H15N3O2. The fourth-order valence-corrected chi connectivity index (χ4v) is 1.25. The third-order valence-electron chi connectivity index (χ3n) is 1.96. The van der Waals surface area contributed by atoms with E-state index in [1.807, 2.05) is 30.3 Å². The summed E-state index contributed by atoms with van der Waals surface area (Å²) >= 11 is 0. The van der Waals surface area contributed by atoms with Gasteiger partial charge in [0.05, 0.1) is 0 Å². The Morgan fingerprint density at radius 2 is 2.07 bits per heavy atom. The van der Waals surface area contributed by atoms with Crippen LogP contribution in [0.15, 0.2) is 30.3 Å². The van der Waals surface area contributed by atoms with Crippen molar-refractivity contribution in [1.82, 2.24) is 5.32 Å². The molecule has 0 heterocycles. The first-order valence-electron chi connectivity index (χ1n) is 4.66. The number of nitrogens with one attached hydrogen (secondary N) is 1. The van der Waals surface area contributed by atoms with Crippen LogP contribution in [-0.4, -0.2) is 18.7 Å². The van der Waals surface area contributed by atoms with Crippen LogP contribution < -0.4 is 16.9 Å². The average Bonchev–Trinajstić information content (AvgIpc) is 2.27. The van der Waals surface area contributed by atoms with Crippen LogP contribution in [0.1, 0.15) is 5.56 Å². The third kappa shape index (κ3) is 4.44. The smallest absolute Gasteiger partial charge is 0.357 e. The van der Waals surface area contributed by atoms with E-state index >= 15 is 0 Å². The van der Waals surface area contributed by atoms with Crippen LogP contribution in [-0.2, 0) is 11.3 Å². The first kappa shape index (κ1) is 11.5. The highest BCUT2D eigenvalue weighted by Gasteiger charge is 2.06. The van der Waals surface area contributed by atoms with Gasteiger partial charge in [-0.3, -0.25) is 0 Å². The van der Waals surface area contributed by atoms with E-state index in [2.05, 4.69) is 16.1 Å². The molecule has 0 aliphatic heterocycles. The summed E-state index contributed by atoms with van der Waals surface area (Å²) in [5.74, 6) is 4.66. The Hall–Kier alpha value is -1.59. The molecule has 1 rings (SSSR count). The van der Waals surface area contributed by atoms with Gasteiger partial charge in [0.15, 0.2) is 0 Å². The molecule has 1 aromatic carbocycles. The number of carbonyl (C=O) groups is 1. The van der Waals surface area contributed by atoms with Crippen molar-refractivity contribution in [2.24, 2.45) is 11.6 Å². The highest BCUT2D eigenvalue weighted by Crippen LogP contribution is 2.00. The van der Waals surface area contributed by atoms with Gasteiger partial charge < -0.3 is 15.9 Å². The van der Waals surface area contributed by atoms with Crippen LogP contribution in [0.25, 0.3) is 0 Å². The van der Waals surface area contributed by atoms with Crippen LogP contribution in [0.2, 0.25) is 0 Å². The molecular weight excluding hydrogens is 194 g/mol. The van der Waals surface area contributed by atoms with Crippen LogP contribution in [0.4, 0.5) is 4.79 Å². The highest BCUT2D eigenvalue weighted by molar-refractivity contribution is 5.66. The lowest BCUT2D eigenvalue weighted by molar-refractivity contribution is 0.147. The normalized spacial score (nSPS) is 11.9. The monoisotopic (exact) mass is 209 g/mol. The Labute approximate surface area is 88.3 Å². The molecule has 0 aliphatic carbocycles. The second-order valence-electron chi connectivity index (χ2n) is 3.24. The van der Waals surface area contributed by atoms with Gasteiger partial charge in [0.25, 0.3) is 0 Å². The fourth-order valence-electron chi connectivity index (χ4n) is 1.25. The summed E-state index contributed by atoms with van der Waals surface area (Å²) in [6, 6.07) is 9.67. The lowest BCUT2D eigenvalue weighted by atomic mass is 10.1. The van der Waals surface area contributed by atoms with Crippen molar-refractivity contribution >= 4 is 6.09 Å². The van der Waals surface area contributed by atoms with E-state index in [0.717, 1.165) is 5.56 Å². The number of rotatable bonds is 4. The Morgan fingerprint density at radius 1 is 1.40 bits per heavy atom. The van der Waals surface area contributed by atoms with Crippen molar-refractivity contribution in [3.63, 3.8) is 0 Å². The first-order chi connectivity index (χ1) is 7.22. The zero-order valence-electron chi connectivity index (χ0n) is 8.35. The van der Waals surface area contributed by atoms with Gasteiger partial charge in [-0.15, -0.1) is 0 Å². The molecule has 15 heavy (non-hydrogen) atoms. The molecule has 1 atom stereocenters. The van der Waals surface area contributed by atoms with E-state index in [1.165, 1.54) is 0 Å². The molecule has 5 N–H and O–H groups in total. The van der Waals surface area contributed by atoms with E-state index in [-0.39, 0.29) is 6.04 Å². The van der Waals surface area contributed by atoms with Gasteiger partial charge in [-0.2, -0.15) is 5.90 Å². The Balaban J connectivity index is 2.30. The maximum Gasteiger partial charge on any atom is 0.425 e. The number of hydrogen-bond donors (Lipinski definition) is 3. The fraction of sp³-hybridized carbons (Fsp3) is 0.300. The molecule has 5 heteroatoms. The minimum Gasteiger partial charge on any atom is -0.357 e. The number of hydrogen-bond acceptors (Lipinski definition) is 4. The molecule has 0 saturated carbocycles. The SMILES string of the molecule is NOC(=O)NC[C@H](N)Cc1ccccc1. The van der Waals surface area contributed by atoms with Crippen molar-refractivity contribution in [3.8, 4) is 0 Å². The highest BCUT2D eigenvalue weighted by atomic mass is 16.7. The summed E-state index contributed by atoms with van der Waals surface area (Å²) in [5, 5.41) is 2.44. The van der Waals surface area contributed by atoms with Gasteiger partial charge in [0.1, 0.15) is 0 Å².